The van der Waals surface area contributed by atoms with E-state index in [0.29, 0.717) is 5.92 Å². The minimum atomic E-state index is 0.633. The molecule has 0 spiro atoms. The number of nitrogens with one attached hydrogen (secondary N) is 1. The molecule has 1 aromatic rings. The van der Waals surface area contributed by atoms with Crippen molar-refractivity contribution in [2.24, 2.45) is 0 Å². The summed E-state index contributed by atoms with van der Waals surface area (Å²) in [5, 5.41) is 3.65. The molecule has 1 nitrogen and oxygen atoms in total. The summed E-state index contributed by atoms with van der Waals surface area (Å²) < 4.78 is 0. The van der Waals surface area contributed by atoms with Crippen LogP contribution in [-0.4, -0.2) is 12.6 Å². The smallest absolute Gasteiger partial charge is 0.00684 e. The Balaban J connectivity index is 1.92. The van der Waals surface area contributed by atoms with E-state index in [4.69, 9.17) is 0 Å². The SMILES string of the molecule is C=C(C)CCC(CNC1CC1)c1ccccc1. The summed E-state index contributed by atoms with van der Waals surface area (Å²) in [6, 6.07) is 11.7. The number of allylic oxidation sites excluding steroid dienone is 1. The van der Waals surface area contributed by atoms with E-state index in [1.807, 2.05) is 0 Å². The van der Waals surface area contributed by atoms with Gasteiger partial charge in [-0.15, -0.1) is 6.58 Å². The van der Waals surface area contributed by atoms with Crippen LogP contribution < -0.4 is 5.32 Å². The van der Waals surface area contributed by atoms with Crippen molar-refractivity contribution < 1.29 is 0 Å². The molecule has 1 aliphatic rings. The van der Waals surface area contributed by atoms with Gasteiger partial charge < -0.3 is 5.32 Å². The predicted octanol–water partition coefficient (Wildman–Crippen LogP) is 3.88. The Morgan fingerprint density at radius 2 is 2.06 bits per heavy atom. The van der Waals surface area contributed by atoms with Gasteiger partial charge >= 0.3 is 0 Å². The highest BCUT2D eigenvalue weighted by atomic mass is 14.9. The molecule has 0 radical (unpaired) electrons. The van der Waals surface area contributed by atoms with E-state index in [1.54, 1.807) is 0 Å². The van der Waals surface area contributed by atoms with Crippen LogP contribution in [0.15, 0.2) is 42.5 Å². The molecular formula is C16H23N. The van der Waals surface area contributed by atoms with Crippen molar-refractivity contribution in [3.63, 3.8) is 0 Å². The highest BCUT2D eigenvalue weighted by Crippen LogP contribution is 2.25. The van der Waals surface area contributed by atoms with E-state index in [0.717, 1.165) is 19.0 Å². The van der Waals surface area contributed by atoms with Crippen LogP contribution in [0.4, 0.5) is 0 Å². The van der Waals surface area contributed by atoms with Gasteiger partial charge in [-0.3, -0.25) is 0 Å². The Hall–Kier alpha value is -1.08. The quantitative estimate of drug-likeness (QED) is 0.700. The number of rotatable bonds is 7. The number of hydrogen-bond acceptors (Lipinski definition) is 1. The van der Waals surface area contributed by atoms with Crippen LogP contribution in [-0.2, 0) is 0 Å². The van der Waals surface area contributed by atoms with Gasteiger partial charge in [0.2, 0.25) is 0 Å². The molecule has 1 heteroatoms. The van der Waals surface area contributed by atoms with E-state index in [1.165, 1.54) is 30.4 Å². The predicted molar refractivity (Wildman–Crippen MR) is 74.3 cm³/mol. The summed E-state index contributed by atoms with van der Waals surface area (Å²) in [5.41, 5.74) is 2.75. The van der Waals surface area contributed by atoms with Crippen LogP contribution in [0.2, 0.25) is 0 Å². The zero-order valence-electron chi connectivity index (χ0n) is 10.8. The number of hydrogen-bond donors (Lipinski definition) is 1. The first-order chi connectivity index (χ1) is 8.25. The molecule has 1 aromatic carbocycles. The topological polar surface area (TPSA) is 12.0 Å². The molecule has 1 atom stereocenters. The maximum atomic E-state index is 4.01. The zero-order valence-corrected chi connectivity index (χ0v) is 10.8. The summed E-state index contributed by atoms with van der Waals surface area (Å²) in [7, 11) is 0. The third-order valence-electron chi connectivity index (χ3n) is 3.42. The fraction of sp³-hybridized carbons (Fsp3) is 0.500. The molecular weight excluding hydrogens is 206 g/mol. The van der Waals surface area contributed by atoms with Gasteiger partial charge in [0.15, 0.2) is 0 Å². The van der Waals surface area contributed by atoms with Crippen LogP contribution in [0, 0.1) is 0 Å². The van der Waals surface area contributed by atoms with Crippen molar-refractivity contribution in [3.05, 3.63) is 48.0 Å². The lowest BCUT2D eigenvalue weighted by Gasteiger charge is -2.18. The molecule has 0 heterocycles. The van der Waals surface area contributed by atoms with Gasteiger partial charge in [0.05, 0.1) is 0 Å². The van der Waals surface area contributed by atoms with Gasteiger partial charge in [0.25, 0.3) is 0 Å². The molecule has 0 bridgehead atoms. The van der Waals surface area contributed by atoms with E-state index in [2.05, 4.69) is 49.2 Å². The summed E-state index contributed by atoms with van der Waals surface area (Å²) in [6.07, 6.45) is 5.06. The Kier molecular flexibility index (Phi) is 4.38. The Labute approximate surface area is 105 Å². The van der Waals surface area contributed by atoms with Crippen LogP contribution in [0.5, 0.6) is 0 Å². The van der Waals surface area contributed by atoms with Gasteiger partial charge in [-0.25, -0.2) is 0 Å². The summed E-state index contributed by atoms with van der Waals surface area (Å²) >= 11 is 0. The lowest BCUT2D eigenvalue weighted by Crippen LogP contribution is -2.23. The first-order valence-electron chi connectivity index (χ1n) is 6.68. The highest BCUT2D eigenvalue weighted by Gasteiger charge is 2.22. The molecule has 0 saturated heterocycles. The maximum Gasteiger partial charge on any atom is 0.00684 e. The molecule has 1 fully saturated rings. The van der Waals surface area contributed by atoms with Gasteiger partial charge in [-0.2, -0.15) is 0 Å². The van der Waals surface area contributed by atoms with Gasteiger partial charge in [-0.05, 0) is 44.1 Å². The van der Waals surface area contributed by atoms with Crippen LogP contribution >= 0.6 is 0 Å². The third kappa shape index (κ3) is 4.35. The molecule has 17 heavy (non-hydrogen) atoms. The average molecular weight is 229 g/mol. The van der Waals surface area contributed by atoms with E-state index in [-0.39, 0.29) is 0 Å². The molecule has 1 unspecified atom stereocenters. The minimum absolute atomic E-state index is 0.633. The van der Waals surface area contributed by atoms with Crippen molar-refractivity contribution in [2.75, 3.05) is 6.54 Å². The Morgan fingerprint density at radius 3 is 2.65 bits per heavy atom. The molecule has 92 valence electrons. The zero-order chi connectivity index (χ0) is 12.1. The van der Waals surface area contributed by atoms with Crippen LogP contribution in [0.3, 0.4) is 0 Å². The molecule has 1 saturated carbocycles. The fourth-order valence-electron chi connectivity index (χ4n) is 2.13. The second-order valence-corrected chi connectivity index (χ2v) is 5.29. The largest absolute Gasteiger partial charge is 0.313 e. The molecule has 1 N–H and O–H groups in total. The van der Waals surface area contributed by atoms with Crippen molar-refractivity contribution in [3.8, 4) is 0 Å². The molecule has 1 aliphatic carbocycles. The minimum Gasteiger partial charge on any atom is -0.313 e. The normalized spacial score (nSPS) is 16.8. The average Bonchev–Trinajstić information content (AvgIpc) is 3.14. The molecule has 0 aromatic heterocycles. The Morgan fingerprint density at radius 1 is 1.35 bits per heavy atom. The summed E-state index contributed by atoms with van der Waals surface area (Å²) in [4.78, 5) is 0. The van der Waals surface area contributed by atoms with Crippen molar-refractivity contribution in [1.82, 2.24) is 5.32 Å². The summed E-state index contributed by atoms with van der Waals surface area (Å²) in [5.74, 6) is 0.633. The van der Waals surface area contributed by atoms with E-state index < -0.39 is 0 Å². The molecule has 2 rings (SSSR count). The standard InChI is InChI=1S/C16H23N/c1-13(2)8-9-15(12-17-16-10-11-16)14-6-4-3-5-7-14/h3-7,15-17H,1,8-12H2,2H3. The first-order valence-corrected chi connectivity index (χ1v) is 6.68. The second kappa shape index (κ2) is 6.02. The second-order valence-electron chi connectivity index (χ2n) is 5.29. The van der Waals surface area contributed by atoms with Crippen molar-refractivity contribution in [2.45, 2.75) is 44.6 Å². The first kappa shape index (κ1) is 12.4. The summed E-state index contributed by atoms with van der Waals surface area (Å²) in [6.45, 7) is 7.24. The van der Waals surface area contributed by atoms with Crippen LogP contribution in [0.25, 0.3) is 0 Å². The maximum absolute atomic E-state index is 4.01. The highest BCUT2D eigenvalue weighted by molar-refractivity contribution is 5.20. The Bertz CT molecular complexity index is 351. The monoisotopic (exact) mass is 229 g/mol. The lowest BCUT2D eigenvalue weighted by atomic mass is 9.92. The van der Waals surface area contributed by atoms with Crippen molar-refractivity contribution in [1.29, 1.82) is 0 Å². The molecule has 0 aliphatic heterocycles. The lowest BCUT2D eigenvalue weighted by molar-refractivity contribution is 0.547. The fourth-order valence-corrected chi connectivity index (χ4v) is 2.13. The third-order valence-corrected chi connectivity index (χ3v) is 3.42. The van der Waals surface area contributed by atoms with Gasteiger partial charge in [-0.1, -0.05) is 35.9 Å². The van der Waals surface area contributed by atoms with Crippen LogP contribution in [0.1, 0.15) is 44.1 Å². The van der Waals surface area contributed by atoms with E-state index >= 15 is 0 Å². The molecule has 0 amide bonds. The van der Waals surface area contributed by atoms with Gasteiger partial charge in [0.1, 0.15) is 0 Å². The van der Waals surface area contributed by atoms with E-state index in [9.17, 15) is 0 Å². The van der Waals surface area contributed by atoms with Gasteiger partial charge in [0, 0.05) is 12.6 Å². The van der Waals surface area contributed by atoms with Crippen molar-refractivity contribution >= 4 is 0 Å². The number of benzene rings is 1.